The number of carbonyl (C=O) groups is 1. The van der Waals surface area contributed by atoms with Gasteiger partial charge in [-0.25, -0.2) is 4.79 Å². The maximum absolute atomic E-state index is 11.6. The van der Waals surface area contributed by atoms with Gasteiger partial charge in [0.05, 0.1) is 0 Å². The molecule has 0 aromatic rings. The van der Waals surface area contributed by atoms with Gasteiger partial charge in [0.25, 0.3) is 0 Å². The molecule has 0 spiro atoms. The van der Waals surface area contributed by atoms with Gasteiger partial charge in [0.15, 0.2) is 0 Å². The third-order valence-electron chi connectivity index (χ3n) is 0.620. The molecule has 0 aromatic carbocycles. The van der Waals surface area contributed by atoms with E-state index in [1.807, 2.05) is 0 Å². The average Bonchev–Trinajstić information content (AvgIpc) is 1.56. The third-order valence-corrected chi connectivity index (χ3v) is 0.620. The van der Waals surface area contributed by atoms with Crippen LogP contribution >= 0.6 is 0 Å². The fourth-order valence-corrected chi connectivity index (χ4v) is 0.205. The van der Waals surface area contributed by atoms with Crippen LogP contribution in [0, 0.1) is 0 Å². The summed E-state index contributed by atoms with van der Waals surface area (Å²) in [5, 5.41) is 7.54. The summed E-state index contributed by atoms with van der Waals surface area (Å²) in [6.45, 7) is 0. The highest BCUT2D eigenvalue weighted by atomic mass is 19.4. The van der Waals surface area contributed by atoms with Gasteiger partial charge in [0.2, 0.25) is 0 Å². The van der Waals surface area contributed by atoms with Crippen molar-refractivity contribution in [2.45, 2.75) is 12.2 Å². The molecule has 0 heterocycles. The van der Waals surface area contributed by atoms with Crippen LogP contribution < -0.4 is 5.32 Å². The van der Waals surface area contributed by atoms with Crippen LogP contribution in [0.15, 0.2) is 0 Å². The zero-order valence-corrected chi connectivity index (χ0v) is 4.75. The molecular weight excluding hydrogens is 177 g/mol. The predicted octanol–water partition coefficient (Wildman–Crippen LogP) is 1.41. The van der Waals surface area contributed by atoms with Gasteiger partial charge in [0.1, 0.15) is 0 Å². The lowest BCUT2D eigenvalue weighted by Crippen LogP contribution is -2.51. The minimum absolute atomic E-state index is 0.0174. The van der Waals surface area contributed by atoms with E-state index in [0.29, 0.717) is 0 Å². The fraction of sp³-hybridized carbons (Fsp3) is 0.667. The molecule has 0 fully saturated rings. The number of amides is 1. The van der Waals surface area contributed by atoms with Crippen molar-refractivity contribution >= 4 is 6.09 Å². The van der Waals surface area contributed by atoms with E-state index in [1.165, 1.54) is 0 Å². The van der Waals surface area contributed by atoms with Crippen molar-refractivity contribution < 1.29 is 31.9 Å². The summed E-state index contributed by atoms with van der Waals surface area (Å²) < 4.78 is 56.5. The van der Waals surface area contributed by atoms with Gasteiger partial charge in [-0.15, -0.1) is 0 Å². The first kappa shape index (κ1) is 9.92. The predicted molar refractivity (Wildman–Crippen MR) is 22.2 cm³/mol. The highest BCUT2D eigenvalue weighted by molar-refractivity contribution is 5.65. The molecule has 0 unspecified atom stereocenters. The van der Waals surface area contributed by atoms with E-state index in [1.54, 1.807) is 0 Å². The van der Waals surface area contributed by atoms with Crippen molar-refractivity contribution in [2.24, 2.45) is 0 Å². The largest absolute Gasteiger partial charge is 0.475 e. The molecule has 0 atom stereocenters. The van der Waals surface area contributed by atoms with Crippen molar-refractivity contribution in [1.29, 1.82) is 0 Å². The van der Waals surface area contributed by atoms with Crippen LogP contribution in [0.2, 0.25) is 0 Å². The van der Waals surface area contributed by atoms with Crippen LogP contribution in [-0.4, -0.2) is 23.4 Å². The Hall–Kier alpha value is -1.08. The van der Waals surface area contributed by atoms with Crippen molar-refractivity contribution in [1.82, 2.24) is 5.32 Å². The van der Waals surface area contributed by atoms with E-state index in [2.05, 4.69) is 0 Å². The molecule has 0 aliphatic heterocycles. The summed E-state index contributed by atoms with van der Waals surface area (Å²) in [5.74, 6) is 0. The zero-order valence-electron chi connectivity index (χ0n) is 4.75. The van der Waals surface area contributed by atoms with Crippen LogP contribution in [0.1, 0.15) is 0 Å². The lowest BCUT2D eigenvalue weighted by atomic mass is 10.5. The van der Waals surface area contributed by atoms with E-state index >= 15 is 0 Å². The van der Waals surface area contributed by atoms with Gasteiger partial charge >= 0.3 is 18.3 Å². The van der Waals surface area contributed by atoms with Gasteiger partial charge in [0, 0.05) is 0 Å². The Bertz CT molecular complexity index is 164. The standard InChI is InChI=1S/C3H2F5NO2/c4-2(5,6)3(7,8)9-1(10)11/h9H,(H,10,11). The molecule has 0 radical (unpaired) electrons. The second kappa shape index (κ2) is 2.51. The summed E-state index contributed by atoms with van der Waals surface area (Å²) in [4.78, 5) is 9.37. The number of carboxylic acid groups (broad SMARTS) is 1. The van der Waals surface area contributed by atoms with Crippen molar-refractivity contribution in [3.05, 3.63) is 0 Å². The van der Waals surface area contributed by atoms with E-state index in [9.17, 15) is 26.7 Å². The van der Waals surface area contributed by atoms with E-state index < -0.39 is 18.3 Å². The molecule has 0 saturated heterocycles. The van der Waals surface area contributed by atoms with Gasteiger partial charge in [-0.1, -0.05) is 0 Å². The maximum atomic E-state index is 11.6. The van der Waals surface area contributed by atoms with Crippen molar-refractivity contribution in [3.8, 4) is 0 Å². The van der Waals surface area contributed by atoms with Crippen LogP contribution in [0.25, 0.3) is 0 Å². The second-order valence-corrected chi connectivity index (χ2v) is 1.50. The Labute approximate surface area is 56.8 Å². The van der Waals surface area contributed by atoms with Crippen LogP contribution in [0.5, 0.6) is 0 Å². The maximum Gasteiger partial charge on any atom is 0.475 e. The number of halogens is 5. The fourth-order valence-electron chi connectivity index (χ4n) is 0.205. The van der Waals surface area contributed by atoms with Gasteiger partial charge < -0.3 is 5.11 Å². The molecule has 66 valence electrons. The Morgan fingerprint density at radius 3 is 1.64 bits per heavy atom. The number of hydrogen-bond acceptors (Lipinski definition) is 1. The number of alkyl halides is 5. The highest BCUT2D eigenvalue weighted by Crippen LogP contribution is 2.32. The van der Waals surface area contributed by atoms with Crippen molar-refractivity contribution in [3.63, 3.8) is 0 Å². The Morgan fingerprint density at radius 1 is 1.18 bits per heavy atom. The first-order chi connectivity index (χ1) is 4.67. The first-order valence-corrected chi connectivity index (χ1v) is 2.12. The molecule has 0 rings (SSSR count). The molecule has 0 bridgehead atoms. The molecule has 0 saturated carbocycles. The van der Waals surface area contributed by atoms with E-state index in [-0.39, 0.29) is 5.32 Å². The van der Waals surface area contributed by atoms with Crippen molar-refractivity contribution in [2.75, 3.05) is 0 Å². The molecule has 11 heavy (non-hydrogen) atoms. The minimum Gasteiger partial charge on any atom is -0.465 e. The van der Waals surface area contributed by atoms with Gasteiger partial charge in [-0.3, -0.25) is 5.32 Å². The average molecular weight is 179 g/mol. The highest BCUT2D eigenvalue weighted by Gasteiger charge is 2.59. The number of hydrogen-bond donors (Lipinski definition) is 2. The molecule has 3 nitrogen and oxygen atoms in total. The topological polar surface area (TPSA) is 49.3 Å². The zero-order chi connectivity index (χ0) is 9.28. The summed E-state index contributed by atoms with van der Waals surface area (Å²) in [6, 6.07) is -5.39. The molecular formula is C3H2F5NO2. The monoisotopic (exact) mass is 179 g/mol. The molecule has 1 amide bonds. The van der Waals surface area contributed by atoms with Crippen LogP contribution in [-0.2, 0) is 0 Å². The van der Waals surface area contributed by atoms with E-state index in [4.69, 9.17) is 5.11 Å². The minimum atomic E-state index is -5.90. The Morgan fingerprint density at radius 2 is 1.55 bits per heavy atom. The summed E-state index contributed by atoms with van der Waals surface area (Å²) in [6.07, 6.45) is -8.34. The lowest BCUT2D eigenvalue weighted by molar-refractivity contribution is -0.290. The Balaban J connectivity index is 4.34. The molecule has 0 aromatic heterocycles. The van der Waals surface area contributed by atoms with Crippen LogP contribution in [0.3, 0.4) is 0 Å². The summed E-state index contributed by atoms with van der Waals surface area (Å²) in [7, 11) is 0. The normalized spacial score (nSPS) is 12.8. The smallest absolute Gasteiger partial charge is 0.465 e. The quantitative estimate of drug-likeness (QED) is 0.472. The molecule has 2 N–H and O–H groups in total. The first-order valence-electron chi connectivity index (χ1n) is 2.12. The Kier molecular flexibility index (Phi) is 2.27. The molecule has 0 aliphatic rings. The van der Waals surface area contributed by atoms with E-state index in [0.717, 1.165) is 0 Å². The lowest BCUT2D eigenvalue weighted by Gasteiger charge is -2.18. The third kappa shape index (κ3) is 2.56. The molecule has 0 aliphatic carbocycles. The van der Waals surface area contributed by atoms with Gasteiger partial charge in [-0.05, 0) is 0 Å². The molecule has 8 heteroatoms. The van der Waals surface area contributed by atoms with Crippen LogP contribution in [0.4, 0.5) is 26.7 Å². The van der Waals surface area contributed by atoms with Gasteiger partial charge in [-0.2, -0.15) is 22.0 Å². The second-order valence-electron chi connectivity index (χ2n) is 1.50. The number of rotatable bonds is 1. The summed E-state index contributed by atoms with van der Waals surface area (Å²) >= 11 is 0. The summed E-state index contributed by atoms with van der Waals surface area (Å²) in [5.41, 5.74) is 0. The number of nitrogens with one attached hydrogen (secondary N) is 1. The SMILES string of the molecule is O=C(O)NC(F)(F)C(F)(F)F.